The summed E-state index contributed by atoms with van der Waals surface area (Å²) in [4.78, 5) is 12.0. The molecule has 0 amide bonds. The molecule has 2 rings (SSSR count). The zero-order chi connectivity index (χ0) is 13.8. The van der Waals surface area contributed by atoms with E-state index in [1.165, 1.54) is 12.1 Å². The number of hydrogen-bond acceptors (Lipinski definition) is 1. The summed E-state index contributed by atoms with van der Waals surface area (Å²) in [7, 11) is 0. The van der Waals surface area contributed by atoms with E-state index in [4.69, 9.17) is 0 Å². The van der Waals surface area contributed by atoms with Crippen molar-refractivity contribution in [3.8, 4) is 0 Å². The first-order valence-electron chi connectivity index (χ1n) is 6.06. The summed E-state index contributed by atoms with van der Waals surface area (Å²) in [6.45, 7) is 2.00. The Hall–Kier alpha value is -1.48. The van der Waals surface area contributed by atoms with Crippen molar-refractivity contribution in [3.63, 3.8) is 0 Å². The van der Waals surface area contributed by atoms with Gasteiger partial charge in [-0.3, -0.25) is 4.79 Å². The molecule has 0 aromatic heterocycles. The highest BCUT2D eigenvalue weighted by atomic mass is 79.9. The molecule has 0 saturated heterocycles. The summed E-state index contributed by atoms with van der Waals surface area (Å²) in [6.07, 6.45) is 0.622. The molecule has 0 heterocycles. The monoisotopic (exact) mass is 320 g/mol. The van der Waals surface area contributed by atoms with Crippen LogP contribution in [0.25, 0.3) is 0 Å². The van der Waals surface area contributed by atoms with Crippen LogP contribution in [0.3, 0.4) is 0 Å². The third kappa shape index (κ3) is 4.00. The van der Waals surface area contributed by atoms with E-state index in [1.807, 2.05) is 31.2 Å². The Morgan fingerprint density at radius 1 is 1.16 bits per heavy atom. The molecule has 2 aromatic carbocycles. The van der Waals surface area contributed by atoms with Crippen molar-refractivity contribution >= 4 is 21.7 Å². The van der Waals surface area contributed by atoms with Gasteiger partial charge in [0.25, 0.3) is 0 Å². The van der Waals surface area contributed by atoms with Gasteiger partial charge >= 0.3 is 0 Å². The molecule has 0 atom stereocenters. The van der Waals surface area contributed by atoms with Gasteiger partial charge in [-0.2, -0.15) is 0 Å². The number of benzene rings is 2. The summed E-state index contributed by atoms with van der Waals surface area (Å²) >= 11 is 3.34. The van der Waals surface area contributed by atoms with E-state index < -0.39 is 0 Å². The Balaban J connectivity index is 2.07. The second-order valence-electron chi connectivity index (χ2n) is 4.62. The number of ketones is 1. The van der Waals surface area contributed by atoms with Crippen molar-refractivity contribution in [2.75, 3.05) is 0 Å². The lowest BCUT2D eigenvalue weighted by Gasteiger charge is -2.05. The van der Waals surface area contributed by atoms with Crippen molar-refractivity contribution in [2.45, 2.75) is 19.8 Å². The van der Waals surface area contributed by atoms with Gasteiger partial charge in [0, 0.05) is 17.3 Å². The van der Waals surface area contributed by atoms with Gasteiger partial charge in [-0.1, -0.05) is 45.8 Å². The van der Waals surface area contributed by atoms with E-state index in [0.717, 1.165) is 15.6 Å². The highest BCUT2D eigenvalue weighted by Crippen LogP contribution is 2.19. The van der Waals surface area contributed by atoms with E-state index in [9.17, 15) is 9.18 Å². The van der Waals surface area contributed by atoms with Crippen molar-refractivity contribution < 1.29 is 9.18 Å². The number of carbonyl (C=O) groups is 1. The maximum atomic E-state index is 13.1. The zero-order valence-corrected chi connectivity index (χ0v) is 12.2. The molecule has 0 aliphatic heterocycles. The molecular formula is C16H14BrFO. The highest BCUT2D eigenvalue weighted by Gasteiger charge is 2.09. The predicted molar refractivity (Wildman–Crippen MR) is 77.7 cm³/mol. The van der Waals surface area contributed by atoms with Crippen LogP contribution >= 0.6 is 15.9 Å². The number of halogens is 2. The first-order valence-corrected chi connectivity index (χ1v) is 6.85. The molecule has 0 fully saturated rings. The van der Waals surface area contributed by atoms with Crippen LogP contribution in [0.2, 0.25) is 0 Å². The summed E-state index contributed by atoms with van der Waals surface area (Å²) in [5, 5.41) is 0. The van der Waals surface area contributed by atoms with E-state index in [1.54, 1.807) is 6.07 Å². The second-order valence-corrected chi connectivity index (χ2v) is 5.47. The summed E-state index contributed by atoms with van der Waals surface area (Å²) in [6, 6.07) is 12.3. The van der Waals surface area contributed by atoms with Crippen LogP contribution < -0.4 is 0 Å². The van der Waals surface area contributed by atoms with Crippen LogP contribution in [-0.4, -0.2) is 5.78 Å². The number of Topliss-reactive ketones (excluding diaryl/α,β-unsaturated/α-hetero) is 1. The average Bonchev–Trinajstić information content (AvgIpc) is 2.34. The van der Waals surface area contributed by atoms with Gasteiger partial charge in [0.15, 0.2) is 0 Å². The first-order chi connectivity index (χ1) is 9.04. The van der Waals surface area contributed by atoms with Crippen LogP contribution in [0.5, 0.6) is 0 Å². The zero-order valence-electron chi connectivity index (χ0n) is 10.6. The normalized spacial score (nSPS) is 10.5. The van der Waals surface area contributed by atoms with Crippen molar-refractivity contribution in [3.05, 3.63) is 69.4 Å². The summed E-state index contributed by atoms with van der Waals surface area (Å²) in [5.74, 6) is -0.238. The third-order valence-corrected chi connectivity index (χ3v) is 3.65. The number of rotatable bonds is 4. The van der Waals surface area contributed by atoms with Gasteiger partial charge in [0.05, 0.1) is 0 Å². The molecule has 0 unspecified atom stereocenters. The molecule has 2 aromatic rings. The SMILES string of the molecule is Cc1cccc(CC(=O)Cc2cc(F)ccc2Br)c1. The fraction of sp³-hybridized carbons (Fsp3) is 0.188. The fourth-order valence-electron chi connectivity index (χ4n) is 2.00. The topological polar surface area (TPSA) is 17.1 Å². The van der Waals surface area contributed by atoms with Gasteiger partial charge < -0.3 is 0 Å². The van der Waals surface area contributed by atoms with Gasteiger partial charge in [0.1, 0.15) is 11.6 Å². The van der Waals surface area contributed by atoms with Gasteiger partial charge in [-0.15, -0.1) is 0 Å². The Labute approximate surface area is 120 Å². The largest absolute Gasteiger partial charge is 0.299 e. The average molecular weight is 321 g/mol. The maximum Gasteiger partial charge on any atom is 0.141 e. The number of carbonyl (C=O) groups excluding carboxylic acids is 1. The van der Waals surface area contributed by atoms with Crippen molar-refractivity contribution in [2.24, 2.45) is 0 Å². The Morgan fingerprint density at radius 2 is 1.95 bits per heavy atom. The minimum atomic E-state index is -0.318. The van der Waals surface area contributed by atoms with Crippen LogP contribution in [0.4, 0.5) is 4.39 Å². The van der Waals surface area contributed by atoms with Crippen LogP contribution in [0.1, 0.15) is 16.7 Å². The smallest absolute Gasteiger partial charge is 0.141 e. The predicted octanol–water partition coefficient (Wildman–Crippen LogP) is 4.25. The van der Waals surface area contributed by atoms with Gasteiger partial charge in [-0.25, -0.2) is 4.39 Å². The van der Waals surface area contributed by atoms with E-state index in [0.29, 0.717) is 12.0 Å². The minimum Gasteiger partial charge on any atom is -0.299 e. The van der Waals surface area contributed by atoms with Crippen molar-refractivity contribution in [1.82, 2.24) is 0 Å². The highest BCUT2D eigenvalue weighted by molar-refractivity contribution is 9.10. The first kappa shape index (κ1) is 13.9. The molecule has 0 bridgehead atoms. The quantitative estimate of drug-likeness (QED) is 0.823. The van der Waals surface area contributed by atoms with Crippen LogP contribution in [0, 0.1) is 12.7 Å². The van der Waals surface area contributed by atoms with E-state index in [2.05, 4.69) is 15.9 Å². The Morgan fingerprint density at radius 3 is 2.68 bits per heavy atom. The molecule has 1 nitrogen and oxygen atoms in total. The lowest BCUT2D eigenvalue weighted by atomic mass is 10.0. The molecule has 98 valence electrons. The lowest BCUT2D eigenvalue weighted by Crippen LogP contribution is -2.07. The molecule has 0 radical (unpaired) electrons. The second kappa shape index (κ2) is 6.11. The number of aryl methyl sites for hydroxylation is 1. The molecule has 0 aliphatic carbocycles. The Bertz CT molecular complexity index is 607. The van der Waals surface area contributed by atoms with Crippen LogP contribution in [0.15, 0.2) is 46.9 Å². The van der Waals surface area contributed by atoms with Gasteiger partial charge in [-0.05, 0) is 36.2 Å². The molecule has 0 spiro atoms. The summed E-state index contributed by atoms with van der Waals surface area (Å²) < 4.78 is 13.9. The molecule has 0 aliphatic rings. The molecule has 3 heteroatoms. The van der Waals surface area contributed by atoms with Crippen molar-refractivity contribution in [1.29, 1.82) is 0 Å². The Kier molecular flexibility index (Phi) is 4.48. The summed E-state index contributed by atoms with van der Waals surface area (Å²) in [5.41, 5.74) is 2.83. The number of hydrogen-bond donors (Lipinski definition) is 0. The van der Waals surface area contributed by atoms with E-state index >= 15 is 0 Å². The fourth-order valence-corrected chi connectivity index (χ4v) is 2.39. The molecular weight excluding hydrogens is 307 g/mol. The standard InChI is InChI=1S/C16H14BrFO/c1-11-3-2-4-12(7-11)8-15(19)10-13-9-14(18)5-6-16(13)17/h2-7,9H,8,10H2,1H3. The molecule has 0 N–H and O–H groups in total. The van der Waals surface area contributed by atoms with Gasteiger partial charge in [0.2, 0.25) is 0 Å². The van der Waals surface area contributed by atoms with E-state index in [-0.39, 0.29) is 18.0 Å². The minimum absolute atomic E-state index is 0.0805. The lowest BCUT2D eigenvalue weighted by molar-refractivity contribution is -0.117. The maximum absolute atomic E-state index is 13.1. The van der Waals surface area contributed by atoms with Crippen LogP contribution in [-0.2, 0) is 17.6 Å². The molecule has 19 heavy (non-hydrogen) atoms. The molecule has 0 saturated carbocycles. The third-order valence-electron chi connectivity index (χ3n) is 2.88.